The van der Waals surface area contributed by atoms with Crippen LogP contribution in [0.3, 0.4) is 0 Å². The van der Waals surface area contributed by atoms with Gasteiger partial charge in [0.15, 0.2) is 0 Å². The first-order valence-electron chi connectivity index (χ1n) is 11.1. The number of benzene rings is 2. The van der Waals surface area contributed by atoms with Crippen LogP contribution in [0.25, 0.3) is 0 Å². The van der Waals surface area contributed by atoms with Gasteiger partial charge in [0.1, 0.15) is 0 Å². The van der Waals surface area contributed by atoms with Crippen LogP contribution in [-0.2, 0) is 20.0 Å². The second kappa shape index (κ2) is 9.17. The summed E-state index contributed by atoms with van der Waals surface area (Å²) < 4.78 is 54.2. The van der Waals surface area contributed by atoms with E-state index >= 15 is 0 Å². The Morgan fingerprint density at radius 2 is 1.18 bits per heavy atom. The summed E-state index contributed by atoms with van der Waals surface area (Å²) in [5.41, 5.74) is 2.34. The van der Waals surface area contributed by atoms with Crippen molar-refractivity contribution in [2.24, 2.45) is 0 Å². The molecular formula is C23H29N3O5S2. The van der Waals surface area contributed by atoms with Crippen LogP contribution in [0, 0.1) is 13.8 Å². The standard InChI is InChI=1S/C23H29N3O5S2/c1-18-5-8-22(17-19(18)2)33(30,31)26-15-13-24(14-16-26)23(27)20-6-9-21(10-7-20)32(28,29)25-11-3-4-12-25/h5-10,17H,3-4,11-16H2,1-2H3. The van der Waals surface area contributed by atoms with E-state index in [1.54, 1.807) is 23.1 Å². The lowest BCUT2D eigenvalue weighted by atomic mass is 10.1. The zero-order valence-corrected chi connectivity index (χ0v) is 20.5. The van der Waals surface area contributed by atoms with Crippen molar-refractivity contribution in [2.75, 3.05) is 39.3 Å². The van der Waals surface area contributed by atoms with Gasteiger partial charge in [0.25, 0.3) is 5.91 Å². The Balaban J connectivity index is 1.41. The van der Waals surface area contributed by atoms with Crippen LogP contribution < -0.4 is 0 Å². The van der Waals surface area contributed by atoms with Gasteiger partial charge in [-0.05, 0) is 74.2 Å². The normalized spacial score (nSPS) is 18.5. The van der Waals surface area contributed by atoms with Gasteiger partial charge >= 0.3 is 0 Å². The van der Waals surface area contributed by atoms with Crippen molar-refractivity contribution >= 4 is 26.0 Å². The molecule has 178 valence electrons. The van der Waals surface area contributed by atoms with E-state index in [0.717, 1.165) is 24.0 Å². The maximum Gasteiger partial charge on any atom is 0.253 e. The van der Waals surface area contributed by atoms with Gasteiger partial charge in [0.2, 0.25) is 20.0 Å². The first-order chi connectivity index (χ1) is 15.6. The monoisotopic (exact) mass is 491 g/mol. The molecule has 2 saturated heterocycles. The summed E-state index contributed by atoms with van der Waals surface area (Å²) in [6, 6.07) is 11.1. The first-order valence-corrected chi connectivity index (χ1v) is 14.0. The van der Waals surface area contributed by atoms with Crippen molar-refractivity contribution in [1.82, 2.24) is 13.5 Å². The summed E-state index contributed by atoms with van der Waals surface area (Å²) in [6.45, 7) is 5.84. The van der Waals surface area contributed by atoms with Gasteiger partial charge in [0.05, 0.1) is 9.79 Å². The average Bonchev–Trinajstić information content (AvgIpc) is 3.36. The highest BCUT2D eigenvalue weighted by Gasteiger charge is 2.31. The number of hydrogen-bond donors (Lipinski definition) is 0. The highest BCUT2D eigenvalue weighted by atomic mass is 32.2. The molecule has 4 rings (SSSR count). The molecular weight excluding hydrogens is 462 g/mol. The van der Waals surface area contributed by atoms with Crippen molar-refractivity contribution in [1.29, 1.82) is 0 Å². The smallest absolute Gasteiger partial charge is 0.253 e. The quantitative estimate of drug-likeness (QED) is 0.639. The summed E-state index contributed by atoms with van der Waals surface area (Å²) in [6.07, 6.45) is 1.72. The van der Waals surface area contributed by atoms with E-state index in [4.69, 9.17) is 0 Å². The van der Waals surface area contributed by atoms with Crippen LogP contribution in [0.15, 0.2) is 52.3 Å². The average molecular weight is 492 g/mol. The predicted octanol–water partition coefficient (Wildman–Crippen LogP) is 2.23. The fourth-order valence-electron chi connectivity index (χ4n) is 4.18. The van der Waals surface area contributed by atoms with Crippen molar-refractivity contribution in [3.05, 3.63) is 59.2 Å². The topological polar surface area (TPSA) is 95.1 Å². The Bertz CT molecular complexity index is 1240. The molecule has 2 aromatic rings. The van der Waals surface area contributed by atoms with Gasteiger partial charge < -0.3 is 4.90 Å². The van der Waals surface area contributed by atoms with E-state index in [1.165, 1.54) is 32.9 Å². The Morgan fingerprint density at radius 3 is 1.76 bits per heavy atom. The number of carbonyl (C=O) groups is 1. The fourth-order valence-corrected chi connectivity index (χ4v) is 7.21. The molecule has 2 aliphatic heterocycles. The van der Waals surface area contributed by atoms with Crippen LogP contribution in [-0.4, -0.2) is 75.5 Å². The summed E-state index contributed by atoms with van der Waals surface area (Å²) in [7, 11) is -7.15. The lowest BCUT2D eigenvalue weighted by molar-refractivity contribution is 0.0698. The summed E-state index contributed by atoms with van der Waals surface area (Å²) in [4.78, 5) is 15.0. The Labute approximate surface area is 195 Å². The number of piperazine rings is 1. The molecule has 8 nitrogen and oxygen atoms in total. The molecule has 0 unspecified atom stereocenters. The minimum atomic E-state index is -3.62. The third-order valence-corrected chi connectivity index (χ3v) is 10.3. The molecule has 0 spiro atoms. The zero-order valence-electron chi connectivity index (χ0n) is 18.9. The van der Waals surface area contributed by atoms with Crippen LogP contribution in [0.4, 0.5) is 0 Å². The van der Waals surface area contributed by atoms with E-state index in [1.807, 2.05) is 13.8 Å². The minimum Gasteiger partial charge on any atom is -0.336 e. The van der Waals surface area contributed by atoms with Gasteiger partial charge in [-0.2, -0.15) is 8.61 Å². The van der Waals surface area contributed by atoms with Crippen LogP contribution >= 0.6 is 0 Å². The third-order valence-electron chi connectivity index (χ3n) is 6.45. The maximum atomic E-state index is 13.0. The van der Waals surface area contributed by atoms with Crippen molar-refractivity contribution in [2.45, 2.75) is 36.5 Å². The van der Waals surface area contributed by atoms with Crippen molar-refractivity contribution in [3.8, 4) is 0 Å². The van der Waals surface area contributed by atoms with Crippen LogP contribution in [0.5, 0.6) is 0 Å². The van der Waals surface area contributed by atoms with Gasteiger partial charge in [-0.3, -0.25) is 4.79 Å². The van der Waals surface area contributed by atoms with Crippen LogP contribution in [0.1, 0.15) is 34.3 Å². The van der Waals surface area contributed by atoms with Crippen molar-refractivity contribution < 1.29 is 21.6 Å². The summed E-state index contributed by atoms with van der Waals surface area (Å²) in [5, 5.41) is 0. The first kappa shape index (κ1) is 23.9. The third kappa shape index (κ3) is 4.70. The summed E-state index contributed by atoms with van der Waals surface area (Å²) in [5.74, 6) is -0.233. The van der Waals surface area contributed by atoms with Crippen LogP contribution in [0.2, 0.25) is 0 Å². The van der Waals surface area contributed by atoms with E-state index in [0.29, 0.717) is 18.7 Å². The minimum absolute atomic E-state index is 0.185. The molecule has 33 heavy (non-hydrogen) atoms. The molecule has 2 fully saturated rings. The molecule has 0 saturated carbocycles. The molecule has 2 aromatic carbocycles. The zero-order chi connectivity index (χ0) is 23.8. The van der Waals surface area contributed by atoms with Gasteiger partial charge in [-0.25, -0.2) is 16.8 Å². The maximum absolute atomic E-state index is 13.0. The number of amides is 1. The molecule has 0 radical (unpaired) electrons. The number of sulfonamides is 2. The predicted molar refractivity (Wildman–Crippen MR) is 125 cm³/mol. The Morgan fingerprint density at radius 1 is 0.667 bits per heavy atom. The molecule has 1 amide bonds. The highest BCUT2D eigenvalue weighted by Crippen LogP contribution is 2.23. The molecule has 0 atom stereocenters. The van der Waals surface area contributed by atoms with Gasteiger partial charge in [0, 0.05) is 44.8 Å². The number of carbonyl (C=O) groups excluding carboxylic acids is 1. The number of nitrogens with zero attached hydrogens (tertiary/aromatic N) is 3. The van der Waals surface area contributed by atoms with Gasteiger partial charge in [-0.1, -0.05) is 6.07 Å². The largest absolute Gasteiger partial charge is 0.336 e. The lowest BCUT2D eigenvalue weighted by Crippen LogP contribution is -2.50. The molecule has 0 aromatic heterocycles. The van der Waals surface area contributed by atoms with E-state index in [9.17, 15) is 21.6 Å². The highest BCUT2D eigenvalue weighted by molar-refractivity contribution is 7.89. The van der Waals surface area contributed by atoms with E-state index in [-0.39, 0.29) is 41.9 Å². The fraction of sp³-hybridized carbons (Fsp3) is 0.435. The molecule has 0 aliphatic carbocycles. The second-order valence-corrected chi connectivity index (χ2v) is 12.5. The van der Waals surface area contributed by atoms with E-state index in [2.05, 4.69) is 0 Å². The van der Waals surface area contributed by atoms with Gasteiger partial charge in [-0.15, -0.1) is 0 Å². The number of aryl methyl sites for hydroxylation is 2. The SMILES string of the molecule is Cc1ccc(S(=O)(=O)N2CCN(C(=O)c3ccc(S(=O)(=O)N4CCCC4)cc3)CC2)cc1C. The van der Waals surface area contributed by atoms with Crippen molar-refractivity contribution in [3.63, 3.8) is 0 Å². The molecule has 2 heterocycles. The lowest BCUT2D eigenvalue weighted by Gasteiger charge is -2.34. The molecule has 10 heteroatoms. The van der Waals surface area contributed by atoms with E-state index < -0.39 is 20.0 Å². The second-order valence-electron chi connectivity index (χ2n) is 8.58. The number of hydrogen-bond acceptors (Lipinski definition) is 5. The molecule has 2 aliphatic rings. The summed E-state index contributed by atoms with van der Waals surface area (Å²) >= 11 is 0. The molecule has 0 bridgehead atoms. The molecule has 0 N–H and O–H groups in total. The Hall–Kier alpha value is -2.27. The number of rotatable bonds is 5. The Kier molecular flexibility index (Phi) is 6.63.